The van der Waals surface area contributed by atoms with Gasteiger partial charge in [-0.3, -0.25) is 9.69 Å². The first-order chi connectivity index (χ1) is 6.57. The van der Waals surface area contributed by atoms with E-state index in [0.717, 1.165) is 0 Å². The van der Waals surface area contributed by atoms with E-state index in [1.165, 1.54) is 4.90 Å². The van der Waals surface area contributed by atoms with Crippen molar-refractivity contribution in [2.75, 3.05) is 13.2 Å². The third kappa shape index (κ3) is 1.12. The summed E-state index contributed by atoms with van der Waals surface area (Å²) in [6.07, 6.45) is 0.584. The molecule has 5 heteroatoms. The van der Waals surface area contributed by atoms with Crippen LogP contribution in [-0.2, 0) is 9.53 Å². The lowest BCUT2D eigenvalue weighted by Gasteiger charge is -2.20. The van der Waals surface area contributed by atoms with Crippen molar-refractivity contribution in [2.24, 2.45) is 0 Å². The Balaban J connectivity index is 2.26. The lowest BCUT2D eigenvalue weighted by atomic mass is 9.99. The molecule has 0 aromatic rings. The maximum atomic E-state index is 11.9. The number of carbonyl (C=O) groups is 2. The van der Waals surface area contributed by atoms with Gasteiger partial charge < -0.3 is 10.1 Å². The number of ether oxygens (including phenoxy) is 1. The fourth-order valence-corrected chi connectivity index (χ4v) is 1.94. The van der Waals surface area contributed by atoms with E-state index in [1.54, 1.807) is 0 Å². The average Bonchev–Trinajstić information content (AvgIpc) is 2.61. The second-order valence-corrected chi connectivity index (χ2v) is 4.08. The molecule has 0 saturated carbocycles. The zero-order valence-corrected chi connectivity index (χ0v) is 8.37. The summed E-state index contributed by atoms with van der Waals surface area (Å²) in [6, 6.07) is -0.391. The standard InChI is InChI=1S/C9H14N2O3/c1-6(2)11-7(12)9(10-8(11)13)3-4-14-5-9/h6H,3-5H2,1-2H3,(H,10,13). The van der Waals surface area contributed by atoms with Gasteiger partial charge in [0, 0.05) is 19.1 Å². The number of hydrogen-bond donors (Lipinski definition) is 1. The SMILES string of the molecule is CC(C)N1C(=O)NC2(CCOC2)C1=O. The molecule has 0 aromatic carbocycles. The van der Waals surface area contributed by atoms with Gasteiger partial charge in [0.25, 0.3) is 5.91 Å². The van der Waals surface area contributed by atoms with Gasteiger partial charge in [-0.05, 0) is 13.8 Å². The lowest BCUT2D eigenvalue weighted by Crippen LogP contribution is -2.48. The predicted molar refractivity (Wildman–Crippen MR) is 48.7 cm³/mol. The van der Waals surface area contributed by atoms with Crippen LogP contribution in [0.5, 0.6) is 0 Å². The number of imide groups is 1. The average molecular weight is 198 g/mol. The van der Waals surface area contributed by atoms with Gasteiger partial charge in [-0.1, -0.05) is 0 Å². The lowest BCUT2D eigenvalue weighted by molar-refractivity contribution is -0.132. The third-order valence-electron chi connectivity index (χ3n) is 2.73. The van der Waals surface area contributed by atoms with Crippen LogP contribution >= 0.6 is 0 Å². The highest BCUT2D eigenvalue weighted by Gasteiger charge is 2.53. The summed E-state index contributed by atoms with van der Waals surface area (Å²) in [5, 5.41) is 2.72. The topological polar surface area (TPSA) is 58.6 Å². The Morgan fingerprint density at radius 1 is 1.50 bits per heavy atom. The largest absolute Gasteiger partial charge is 0.378 e. The van der Waals surface area contributed by atoms with Gasteiger partial charge in [-0.25, -0.2) is 4.79 Å². The highest BCUT2D eigenvalue weighted by atomic mass is 16.5. The first-order valence-corrected chi connectivity index (χ1v) is 4.80. The molecule has 1 unspecified atom stereocenters. The van der Waals surface area contributed by atoms with E-state index in [-0.39, 0.29) is 18.0 Å². The number of nitrogens with one attached hydrogen (secondary N) is 1. The molecule has 1 spiro atoms. The van der Waals surface area contributed by atoms with Gasteiger partial charge >= 0.3 is 6.03 Å². The number of hydrogen-bond acceptors (Lipinski definition) is 3. The second-order valence-electron chi connectivity index (χ2n) is 4.08. The molecule has 3 amide bonds. The molecule has 2 heterocycles. The van der Waals surface area contributed by atoms with Crippen LogP contribution in [0.4, 0.5) is 4.79 Å². The van der Waals surface area contributed by atoms with Crippen molar-refractivity contribution in [1.29, 1.82) is 0 Å². The molecule has 2 rings (SSSR count). The Kier molecular flexibility index (Phi) is 1.99. The molecule has 5 nitrogen and oxygen atoms in total. The first-order valence-electron chi connectivity index (χ1n) is 4.80. The highest BCUT2D eigenvalue weighted by Crippen LogP contribution is 2.27. The third-order valence-corrected chi connectivity index (χ3v) is 2.73. The zero-order chi connectivity index (χ0) is 10.3. The molecule has 2 saturated heterocycles. The maximum absolute atomic E-state index is 11.9. The van der Waals surface area contributed by atoms with Crippen molar-refractivity contribution >= 4 is 11.9 Å². The summed E-state index contributed by atoms with van der Waals surface area (Å²) < 4.78 is 5.17. The van der Waals surface area contributed by atoms with Gasteiger partial charge in [-0.15, -0.1) is 0 Å². The molecule has 2 aliphatic rings. The molecular weight excluding hydrogens is 184 g/mol. The molecule has 78 valence electrons. The van der Waals surface area contributed by atoms with Crippen LogP contribution in [0, 0.1) is 0 Å². The molecule has 2 fully saturated rings. The normalized spacial score (nSPS) is 32.1. The van der Waals surface area contributed by atoms with Gasteiger partial charge in [0.15, 0.2) is 0 Å². The van der Waals surface area contributed by atoms with E-state index in [1.807, 2.05) is 13.8 Å². The van der Waals surface area contributed by atoms with Crippen molar-refractivity contribution in [1.82, 2.24) is 10.2 Å². The van der Waals surface area contributed by atoms with Crippen LogP contribution in [0.25, 0.3) is 0 Å². The Bertz CT molecular complexity index is 282. The Morgan fingerprint density at radius 2 is 2.21 bits per heavy atom. The molecule has 14 heavy (non-hydrogen) atoms. The molecule has 2 aliphatic heterocycles. The second kappa shape index (κ2) is 2.95. The van der Waals surface area contributed by atoms with Crippen LogP contribution in [0.3, 0.4) is 0 Å². The molecule has 0 aliphatic carbocycles. The summed E-state index contributed by atoms with van der Waals surface area (Å²) >= 11 is 0. The molecule has 0 aromatic heterocycles. The minimum atomic E-state index is -0.763. The number of rotatable bonds is 1. The van der Waals surface area contributed by atoms with E-state index in [4.69, 9.17) is 4.74 Å². The van der Waals surface area contributed by atoms with Crippen LogP contribution < -0.4 is 5.32 Å². The number of urea groups is 1. The summed E-state index contributed by atoms with van der Waals surface area (Å²) in [6.45, 7) is 4.50. The van der Waals surface area contributed by atoms with E-state index < -0.39 is 5.54 Å². The van der Waals surface area contributed by atoms with Gasteiger partial charge in [0.1, 0.15) is 5.54 Å². The minimum Gasteiger partial charge on any atom is -0.378 e. The maximum Gasteiger partial charge on any atom is 0.325 e. The fraction of sp³-hybridized carbons (Fsp3) is 0.778. The smallest absolute Gasteiger partial charge is 0.325 e. The zero-order valence-electron chi connectivity index (χ0n) is 8.37. The van der Waals surface area contributed by atoms with Crippen LogP contribution in [-0.4, -0.2) is 41.6 Å². The van der Waals surface area contributed by atoms with Crippen LogP contribution in [0.2, 0.25) is 0 Å². The van der Waals surface area contributed by atoms with E-state index in [9.17, 15) is 9.59 Å². The number of carbonyl (C=O) groups excluding carboxylic acids is 2. The van der Waals surface area contributed by atoms with E-state index in [2.05, 4.69) is 5.32 Å². The molecule has 1 atom stereocenters. The highest BCUT2D eigenvalue weighted by molar-refractivity contribution is 6.07. The van der Waals surface area contributed by atoms with Gasteiger partial charge in [-0.2, -0.15) is 0 Å². The quantitative estimate of drug-likeness (QED) is 0.608. The summed E-state index contributed by atoms with van der Waals surface area (Å²) in [7, 11) is 0. The first kappa shape index (κ1) is 9.45. The molecule has 1 N–H and O–H groups in total. The Hall–Kier alpha value is -1.10. The fourth-order valence-electron chi connectivity index (χ4n) is 1.94. The van der Waals surface area contributed by atoms with E-state index in [0.29, 0.717) is 19.6 Å². The Labute approximate surface area is 82.4 Å². The van der Waals surface area contributed by atoms with E-state index >= 15 is 0 Å². The molecule has 0 bridgehead atoms. The number of nitrogens with zero attached hydrogens (tertiary/aromatic N) is 1. The van der Waals surface area contributed by atoms with Gasteiger partial charge in [0.05, 0.1) is 6.61 Å². The van der Waals surface area contributed by atoms with Gasteiger partial charge in [0.2, 0.25) is 0 Å². The Morgan fingerprint density at radius 3 is 2.64 bits per heavy atom. The van der Waals surface area contributed by atoms with Crippen molar-refractivity contribution in [3.63, 3.8) is 0 Å². The molecular formula is C9H14N2O3. The van der Waals surface area contributed by atoms with Crippen molar-refractivity contribution in [3.05, 3.63) is 0 Å². The summed E-state index contributed by atoms with van der Waals surface area (Å²) in [5.41, 5.74) is -0.763. The molecule has 0 radical (unpaired) electrons. The monoisotopic (exact) mass is 198 g/mol. The minimum absolute atomic E-state index is 0.0949. The predicted octanol–water partition coefficient (Wildman–Crippen LogP) is 0.106. The van der Waals surface area contributed by atoms with Crippen LogP contribution in [0.1, 0.15) is 20.3 Å². The number of amides is 3. The summed E-state index contributed by atoms with van der Waals surface area (Å²) in [5.74, 6) is -0.144. The van der Waals surface area contributed by atoms with Crippen molar-refractivity contribution < 1.29 is 14.3 Å². The van der Waals surface area contributed by atoms with Crippen molar-refractivity contribution in [3.8, 4) is 0 Å². The summed E-state index contributed by atoms with van der Waals surface area (Å²) in [4.78, 5) is 24.7. The van der Waals surface area contributed by atoms with Crippen molar-refractivity contribution in [2.45, 2.75) is 31.8 Å². The van der Waals surface area contributed by atoms with Crippen LogP contribution in [0.15, 0.2) is 0 Å².